The van der Waals surface area contributed by atoms with Crippen LogP contribution < -0.4 is 10.6 Å². The van der Waals surface area contributed by atoms with E-state index in [9.17, 15) is 18.8 Å². The lowest BCUT2D eigenvalue weighted by atomic mass is 9.93. The average Bonchev–Trinajstić information content (AvgIpc) is 3.34. The van der Waals surface area contributed by atoms with Crippen LogP contribution in [0.1, 0.15) is 44.4 Å². The lowest BCUT2D eigenvalue weighted by Gasteiger charge is -2.31. The standard InChI is InChI=1S/C24H24FN5O3S/c25-18-6-4-5-17(13-18)15-26-20(31)14-16-9-11-30(12-10-16)24(33)23-29-28-22(34-23)21(32)27-19-7-2-1-3-8-19/h1-8,13,16H,9-12,14-15H2,(H,26,31)(H,27,32). The van der Waals surface area contributed by atoms with Gasteiger partial charge in [-0.1, -0.05) is 41.7 Å². The second kappa shape index (κ2) is 11.0. The van der Waals surface area contributed by atoms with Gasteiger partial charge in [-0.3, -0.25) is 14.4 Å². The number of carbonyl (C=O) groups excluding carboxylic acids is 3. The van der Waals surface area contributed by atoms with Gasteiger partial charge in [0.25, 0.3) is 11.8 Å². The number of piperidine rings is 1. The summed E-state index contributed by atoms with van der Waals surface area (Å²) >= 11 is 0.963. The molecule has 2 heterocycles. The van der Waals surface area contributed by atoms with Crippen LogP contribution >= 0.6 is 11.3 Å². The van der Waals surface area contributed by atoms with Crippen LogP contribution in [-0.4, -0.2) is 45.9 Å². The number of para-hydroxylation sites is 1. The summed E-state index contributed by atoms with van der Waals surface area (Å²) in [7, 11) is 0. The van der Waals surface area contributed by atoms with Crippen molar-refractivity contribution in [1.82, 2.24) is 20.4 Å². The highest BCUT2D eigenvalue weighted by molar-refractivity contribution is 7.15. The van der Waals surface area contributed by atoms with E-state index < -0.39 is 5.91 Å². The van der Waals surface area contributed by atoms with E-state index in [0.29, 0.717) is 43.6 Å². The van der Waals surface area contributed by atoms with Crippen molar-refractivity contribution in [2.75, 3.05) is 18.4 Å². The van der Waals surface area contributed by atoms with Gasteiger partial charge in [0, 0.05) is 31.7 Å². The molecule has 4 rings (SSSR count). The van der Waals surface area contributed by atoms with Gasteiger partial charge < -0.3 is 15.5 Å². The van der Waals surface area contributed by atoms with Crippen molar-refractivity contribution in [3.8, 4) is 0 Å². The van der Waals surface area contributed by atoms with Crippen molar-refractivity contribution in [3.63, 3.8) is 0 Å². The van der Waals surface area contributed by atoms with E-state index in [1.54, 1.807) is 29.2 Å². The van der Waals surface area contributed by atoms with Gasteiger partial charge in [0.2, 0.25) is 15.9 Å². The van der Waals surface area contributed by atoms with Crippen LogP contribution in [0.15, 0.2) is 54.6 Å². The molecule has 34 heavy (non-hydrogen) atoms. The zero-order chi connectivity index (χ0) is 23.9. The highest BCUT2D eigenvalue weighted by Gasteiger charge is 2.27. The monoisotopic (exact) mass is 481 g/mol. The molecule has 0 saturated carbocycles. The van der Waals surface area contributed by atoms with Crippen LogP contribution in [0.3, 0.4) is 0 Å². The first-order chi connectivity index (χ1) is 16.5. The Bertz CT molecular complexity index is 1160. The minimum absolute atomic E-state index is 0.0905. The van der Waals surface area contributed by atoms with Gasteiger partial charge in [-0.2, -0.15) is 0 Å². The zero-order valence-corrected chi connectivity index (χ0v) is 19.2. The number of anilines is 1. The number of nitrogens with zero attached hydrogens (tertiary/aromatic N) is 3. The second-order valence-corrected chi connectivity index (χ2v) is 9.06. The number of likely N-dealkylation sites (tertiary alicyclic amines) is 1. The van der Waals surface area contributed by atoms with E-state index in [2.05, 4.69) is 20.8 Å². The molecule has 3 aromatic rings. The number of halogens is 1. The fourth-order valence-corrected chi connectivity index (χ4v) is 4.47. The van der Waals surface area contributed by atoms with Crippen LogP contribution in [0.4, 0.5) is 10.1 Å². The minimum Gasteiger partial charge on any atom is -0.352 e. The Morgan fingerprint density at radius 1 is 1.00 bits per heavy atom. The molecule has 3 amide bonds. The predicted octanol–water partition coefficient (Wildman–Crippen LogP) is 3.49. The first-order valence-corrected chi connectivity index (χ1v) is 11.8. The maximum absolute atomic E-state index is 13.2. The number of nitrogens with one attached hydrogen (secondary N) is 2. The highest BCUT2D eigenvalue weighted by Crippen LogP contribution is 2.23. The smallest absolute Gasteiger partial charge is 0.286 e. The van der Waals surface area contributed by atoms with Crippen LogP contribution in [0.5, 0.6) is 0 Å². The summed E-state index contributed by atoms with van der Waals surface area (Å²) in [5.74, 6) is -0.926. The molecule has 0 radical (unpaired) electrons. The summed E-state index contributed by atoms with van der Waals surface area (Å²) in [4.78, 5) is 39.1. The molecule has 2 N–H and O–H groups in total. The third-order valence-electron chi connectivity index (χ3n) is 5.59. The summed E-state index contributed by atoms with van der Waals surface area (Å²) in [6.07, 6.45) is 1.75. The Morgan fingerprint density at radius 2 is 1.74 bits per heavy atom. The fourth-order valence-electron chi connectivity index (χ4n) is 3.76. The first-order valence-electron chi connectivity index (χ1n) is 11.0. The van der Waals surface area contributed by atoms with Crippen LogP contribution in [0, 0.1) is 11.7 Å². The molecule has 2 aromatic carbocycles. The van der Waals surface area contributed by atoms with Gasteiger partial charge in [-0.05, 0) is 48.6 Å². The molecule has 1 aromatic heterocycles. The summed E-state index contributed by atoms with van der Waals surface area (Å²) in [5.41, 5.74) is 1.35. The van der Waals surface area contributed by atoms with Gasteiger partial charge in [0.05, 0.1) is 0 Å². The van der Waals surface area contributed by atoms with Crippen molar-refractivity contribution in [3.05, 3.63) is 76.0 Å². The first kappa shape index (κ1) is 23.5. The Labute approximate surface area is 200 Å². The number of hydrogen-bond donors (Lipinski definition) is 2. The normalized spacial score (nSPS) is 14.0. The largest absolute Gasteiger partial charge is 0.352 e. The van der Waals surface area contributed by atoms with E-state index in [-0.39, 0.29) is 40.1 Å². The fraction of sp³-hybridized carbons (Fsp3) is 0.292. The molecule has 1 aliphatic rings. The van der Waals surface area contributed by atoms with E-state index in [0.717, 1.165) is 11.3 Å². The quantitative estimate of drug-likeness (QED) is 0.538. The Balaban J connectivity index is 1.23. The number of benzene rings is 2. The third-order valence-corrected chi connectivity index (χ3v) is 6.50. The Morgan fingerprint density at radius 3 is 2.47 bits per heavy atom. The van der Waals surface area contributed by atoms with Gasteiger partial charge >= 0.3 is 0 Å². The Kier molecular flexibility index (Phi) is 7.58. The van der Waals surface area contributed by atoms with Gasteiger partial charge in [-0.15, -0.1) is 10.2 Å². The molecule has 0 aliphatic carbocycles. The molecule has 10 heteroatoms. The number of aromatic nitrogens is 2. The van der Waals surface area contributed by atoms with Gasteiger partial charge in [0.1, 0.15) is 5.82 Å². The number of rotatable bonds is 7. The SMILES string of the molecule is O=C(CC1CCN(C(=O)c2nnc(C(=O)Nc3ccccc3)s2)CC1)NCc1cccc(F)c1. The summed E-state index contributed by atoms with van der Waals surface area (Å²) in [6, 6.07) is 15.1. The summed E-state index contributed by atoms with van der Waals surface area (Å²) < 4.78 is 13.2. The zero-order valence-electron chi connectivity index (χ0n) is 18.4. The molecular formula is C24H24FN5O3S. The summed E-state index contributed by atoms with van der Waals surface area (Å²) in [5, 5.41) is 13.6. The second-order valence-electron chi connectivity index (χ2n) is 8.08. The van der Waals surface area contributed by atoms with Crippen molar-refractivity contribution in [1.29, 1.82) is 0 Å². The molecule has 1 fully saturated rings. The van der Waals surface area contributed by atoms with Crippen LogP contribution in [0.2, 0.25) is 0 Å². The molecule has 0 spiro atoms. The molecule has 0 bridgehead atoms. The number of hydrogen-bond acceptors (Lipinski definition) is 6. The molecule has 1 saturated heterocycles. The topological polar surface area (TPSA) is 104 Å². The molecular weight excluding hydrogens is 457 g/mol. The Hall–Kier alpha value is -3.66. The molecule has 1 aliphatic heterocycles. The lowest BCUT2D eigenvalue weighted by molar-refractivity contribution is -0.122. The molecule has 176 valence electrons. The van der Waals surface area contributed by atoms with Gasteiger partial charge in [0.15, 0.2) is 0 Å². The van der Waals surface area contributed by atoms with E-state index in [1.807, 2.05) is 18.2 Å². The van der Waals surface area contributed by atoms with Crippen molar-refractivity contribution < 1.29 is 18.8 Å². The maximum atomic E-state index is 13.2. The lowest BCUT2D eigenvalue weighted by Crippen LogP contribution is -2.39. The molecule has 8 nitrogen and oxygen atoms in total. The van der Waals surface area contributed by atoms with Crippen LogP contribution in [0.25, 0.3) is 0 Å². The number of carbonyl (C=O) groups is 3. The van der Waals surface area contributed by atoms with Gasteiger partial charge in [-0.25, -0.2) is 4.39 Å². The average molecular weight is 482 g/mol. The van der Waals surface area contributed by atoms with Crippen LogP contribution in [-0.2, 0) is 11.3 Å². The van der Waals surface area contributed by atoms with E-state index >= 15 is 0 Å². The molecule has 0 atom stereocenters. The van der Waals surface area contributed by atoms with E-state index in [4.69, 9.17) is 0 Å². The summed E-state index contributed by atoms with van der Waals surface area (Å²) in [6.45, 7) is 1.29. The van der Waals surface area contributed by atoms with Crippen molar-refractivity contribution in [2.24, 2.45) is 5.92 Å². The minimum atomic E-state index is -0.411. The van der Waals surface area contributed by atoms with Crippen molar-refractivity contribution in [2.45, 2.75) is 25.8 Å². The maximum Gasteiger partial charge on any atom is 0.286 e. The number of amides is 3. The van der Waals surface area contributed by atoms with E-state index in [1.165, 1.54) is 12.1 Å². The highest BCUT2D eigenvalue weighted by atomic mass is 32.1. The predicted molar refractivity (Wildman–Crippen MR) is 126 cm³/mol. The third kappa shape index (κ3) is 6.22. The molecule has 0 unspecified atom stereocenters. The van der Waals surface area contributed by atoms with Crippen molar-refractivity contribution >= 4 is 34.7 Å².